The van der Waals surface area contributed by atoms with Crippen LogP contribution in [0.25, 0.3) is 0 Å². The fourth-order valence-corrected chi connectivity index (χ4v) is 2.38. The lowest BCUT2D eigenvalue weighted by atomic mass is 10.1. The number of ether oxygens (including phenoxy) is 4. The fraction of sp³-hybridized carbons (Fsp3) is 0.600. The highest BCUT2D eigenvalue weighted by atomic mass is 16.5. The van der Waals surface area contributed by atoms with Gasteiger partial charge in [-0.25, -0.2) is 4.79 Å². The fourth-order valence-electron chi connectivity index (χ4n) is 2.38. The molecule has 14 nitrogen and oxygen atoms in total. The molecular weight excluding hydrogens is 456 g/mol. The Labute approximate surface area is 196 Å². The number of hydrogen-bond donors (Lipinski definition) is 4. The third-order valence-electron chi connectivity index (χ3n) is 4.17. The van der Waals surface area contributed by atoms with Crippen LogP contribution in [-0.4, -0.2) is 94.8 Å². The molecule has 0 aromatic rings. The maximum Gasteiger partial charge on any atom is 0.328 e. The Morgan fingerprint density at radius 2 is 1.59 bits per heavy atom. The van der Waals surface area contributed by atoms with Crippen LogP contribution >= 0.6 is 0 Å². The van der Waals surface area contributed by atoms with Crippen molar-refractivity contribution in [3.8, 4) is 0 Å². The van der Waals surface area contributed by atoms with Gasteiger partial charge in [0.15, 0.2) is 0 Å². The molecule has 5 N–H and O–H groups in total. The Hall–Kier alpha value is -3.52. The van der Waals surface area contributed by atoms with Gasteiger partial charge in [-0.05, 0) is 6.42 Å². The van der Waals surface area contributed by atoms with E-state index in [9.17, 15) is 28.8 Å². The number of nitrogens with one attached hydrogen (secondary N) is 3. The highest BCUT2D eigenvalue weighted by Crippen LogP contribution is 2.03. The number of amides is 3. The number of carbonyl (C=O) groups excluding carboxylic acids is 6. The minimum absolute atomic E-state index is 0.112. The van der Waals surface area contributed by atoms with Crippen LogP contribution in [0.5, 0.6) is 0 Å². The van der Waals surface area contributed by atoms with Crippen LogP contribution in [0.2, 0.25) is 0 Å². The van der Waals surface area contributed by atoms with E-state index in [4.69, 9.17) is 15.2 Å². The van der Waals surface area contributed by atoms with E-state index >= 15 is 0 Å². The zero-order valence-electron chi connectivity index (χ0n) is 19.4. The lowest BCUT2D eigenvalue weighted by Gasteiger charge is -2.22. The molecule has 0 spiro atoms. The smallest absolute Gasteiger partial charge is 0.328 e. The molecule has 192 valence electrons. The third kappa shape index (κ3) is 12.5. The zero-order valence-corrected chi connectivity index (χ0v) is 19.4. The first-order chi connectivity index (χ1) is 16.1. The van der Waals surface area contributed by atoms with Gasteiger partial charge in [-0.2, -0.15) is 0 Å². The summed E-state index contributed by atoms with van der Waals surface area (Å²) in [5.74, 6) is -4.45. The molecule has 3 atom stereocenters. The summed E-state index contributed by atoms with van der Waals surface area (Å²) >= 11 is 0. The van der Waals surface area contributed by atoms with Crippen molar-refractivity contribution in [1.82, 2.24) is 16.0 Å². The molecule has 0 aliphatic heterocycles. The molecule has 0 saturated carbocycles. The van der Waals surface area contributed by atoms with E-state index in [1.807, 2.05) is 0 Å². The second-order valence-electron chi connectivity index (χ2n) is 6.77. The highest BCUT2D eigenvalue weighted by molar-refractivity contribution is 5.93. The maximum absolute atomic E-state index is 12.7. The Morgan fingerprint density at radius 3 is 2.15 bits per heavy atom. The van der Waals surface area contributed by atoms with Gasteiger partial charge in [0.05, 0.1) is 39.8 Å². The average molecular weight is 488 g/mol. The van der Waals surface area contributed by atoms with Gasteiger partial charge in [0.2, 0.25) is 17.7 Å². The Morgan fingerprint density at radius 1 is 0.941 bits per heavy atom. The topological polar surface area (TPSA) is 201 Å². The standard InChI is InChI=1S/C20H32N4O10/c1-5-8-34-20(30)13(6-7-16(26)32-3)24-19(29)14(11-31-2)23-15(25)10-22-18(28)12(21)9-17(27)33-4/h5,12-14H,1,6-11,21H2,2-4H3,(H,22,28)(H,23,25)(H,24,29). The first-order valence-electron chi connectivity index (χ1n) is 10.1. The van der Waals surface area contributed by atoms with E-state index in [0.717, 1.165) is 7.11 Å². The van der Waals surface area contributed by atoms with Gasteiger partial charge in [-0.15, -0.1) is 0 Å². The van der Waals surface area contributed by atoms with Gasteiger partial charge in [-0.1, -0.05) is 12.7 Å². The monoisotopic (exact) mass is 488 g/mol. The molecule has 0 aromatic heterocycles. The van der Waals surface area contributed by atoms with E-state index in [1.165, 1.54) is 20.3 Å². The Kier molecular flexibility index (Phi) is 15.3. The molecule has 0 aliphatic carbocycles. The van der Waals surface area contributed by atoms with Crippen molar-refractivity contribution in [2.24, 2.45) is 5.73 Å². The molecular formula is C20H32N4O10. The lowest BCUT2D eigenvalue weighted by molar-refractivity contribution is -0.148. The van der Waals surface area contributed by atoms with Gasteiger partial charge in [0.1, 0.15) is 18.7 Å². The minimum Gasteiger partial charge on any atom is -0.469 e. The number of rotatable bonds is 16. The van der Waals surface area contributed by atoms with Crippen molar-refractivity contribution < 1.29 is 47.7 Å². The quantitative estimate of drug-likeness (QED) is 0.0999. The molecule has 3 unspecified atom stereocenters. The van der Waals surface area contributed by atoms with Crippen molar-refractivity contribution in [3.05, 3.63) is 12.7 Å². The molecule has 0 aliphatic rings. The molecule has 34 heavy (non-hydrogen) atoms. The SMILES string of the molecule is C=CCOC(=O)C(CCC(=O)OC)NC(=O)C(COC)NC(=O)CNC(=O)C(N)CC(=O)OC. The van der Waals surface area contributed by atoms with E-state index in [1.54, 1.807) is 0 Å². The predicted octanol–water partition coefficient (Wildman–Crippen LogP) is -2.71. The number of methoxy groups -OCH3 is 3. The van der Waals surface area contributed by atoms with E-state index < -0.39 is 60.3 Å². The van der Waals surface area contributed by atoms with Gasteiger partial charge in [0.25, 0.3) is 0 Å². The second-order valence-corrected chi connectivity index (χ2v) is 6.77. The van der Waals surface area contributed by atoms with Crippen LogP contribution in [0.3, 0.4) is 0 Å². The summed E-state index contributed by atoms with van der Waals surface area (Å²) in [6.45, 7) is 2.50. The minimum atomic E-state index is -1.24. The van der Waals surface area contributed by atoms with Crippen LogP contribution in [0.4, 0.5) is 0 Å². The zero-order chi connectivity index (χ0) is 26.1. The van der Waals surface area contributed by atoms with Crippen molar-refractivity contribution >= 4 is 35.6 Å². The largest absolute Gasteiger partial charge is 0.469 e. The van der Waals surface area contributed by atoms with E-state index in [-0.39, 0.29) is 32.5 Å². The van der Waals surface area contributed by atoms with E-state index in [0.29, 0.717) is 0 Å². The van der Waals surface area contributed by atoms with Crippen LogP contribution in [0.1, 0.15) is 19.3 Å². The summed E-state index contributed by atoms with van der Waals surface area (Å²) in [6, 6.07) is -3.68. The van der Waals surface area contributed by atoms with Gasteiger partial charge < -0.3 is 40.6 Å². The van der Waals surface area contributed by atoms with Gasteiger partial charge in [-0.3, -0.25) is 24.0 Å². The van der Waals surface area contributed by atoms with Crippen LogP contribution in [0.15, 0.2) is 12.7 Å². The lowest BCUT2D eigenvalue weighted by Crippen LogP contribution is -2.55. The summed E-state index contributed by atoms with van der Waals surface area (Å²) in [7, 11) is 3.60. The molecule has 0 fully saturated rings. The molecule has 0 radical (unpaired) electrons. The molecule has 14 heteroatoms. The predicted molar refractivity (Wildman–Crippen MR) is 116 cm³/mol. The molecule has 0 aromatic carbocycles. The Balaban J connectivity index is 5.03. The molecule has 0 bridgehead atoms. The average Bonchev–Trinajstić information content (AvgIpc) is 2.82. The molecule has 0 rings (SSSR count). The van der Waals surface area contributed by atoms with Crippen molar-refractivity contribution in [1.29, 1.82) is 0 Å². The van der Waals surface area contributed by atoms with Gasteiger partial charge in [0, 0.05) is 13.5 Å². The molecule has 0 heterocycles. The first-order valence-corrected chi connectivity index (χ1v) is 10.1. The number of nitrogens with two attached hydrogens (primary N) is 1. The third-order valence-corrected chi connectivity index (χ3v) is 4.17. The highest BCUT2D eigenvalue weighted by Gasteiger charge is 2.28. The Bertz CT molecular complexity index is 743. The van der Waals surface area contributed by atoms with Crippen molar-refractivity contribution in [3.63, 3.8) is 0 Å². The summed E-state index contributed by atoms with van der Waals surface area (Å²) in [6.07, 6.45) is 0.657. The molecule has 0 saturated heterocycles. The van der Waals surface area contributed by atoms with Crippen LogP contribution < -0.4 is 21.7 Å². The summed E-state index contributed by atoms with van der Waals surface area (Å²) in [4.78, 5) is 71.6. The number of esters is 3. The second kappa shape index (κ2) is 17.0. The summed E-state index contributed by atoms with van der Waals surface area (Å²) in [5.41, 5.74) is 5.54. The van der Waals surface area contributed by atoms with Gasteiger partial charge >= 0.3 is 17.9 Å². The van der Waals surface area contributed by atoms with E-state index in [2.05, 4.69) is 32.0 Å². The molecule has 3 amide bonds. The number of hydrogen-bond acceptors (Lipinski definition) is 11. The summed E-state index contributed by atoms with van der Waals surface area (Å²) in [5, 5.41) is 6.97. The first kappa shape index (κ1) is 30.5. The normalized spacial score (nSPS) is 12.8. The number of carbonyl (C=O) groups is 6. The van der Waals surface area contributed by atoms with Crippen LogP contribution in [-0.2, 0) is 47.7 Å². The summed E-state index contributed by atoms with van der Waals surface area (Å²) < 4.78 is 18.8. The maximum atomic E-state index is 12.7. The van der Waals surface area contributed by atoms with Crippen molar-refractivity contribution in [2.75, 3.05) is 41.1 Å². The van der Waals surface area contributed by atoms with Crippen LogP contribution in [0, 0.1) is 0 Å². The van der Waals surface area contributed by atoms with Crippen molar-refractivity contribution in [2.45, 2.75) is 37.4 Å².